The molecule has 2 heterocycles. The molecule has 0 saturated carbocycles. The van der Waals surface area contributed by atoms with Gasteiger partial charge in [0.2, 0.25) is 0 Å². The van der Waals surface area contributed by atoms with Crippen LogP contribution in [0.25, 0.3) is 17.1 Å². The third-order valence-electron chi connectivity index (χ3n) is 3.12. The number of nitrogens with one attached hydrogen (secondary N) is 1. The lowest BCUT2D eigenvalue weighted by Crippen LogP contribution is -2.04. The van der Waals surface area contributed by atoms with E-state index >= 15 is 0 Å². The molecule has 1 N–H and O–H groups in total. The zero-order chi connectivity index (χ0) is 14.5. The number of aromatic nitrogens is 4. The summed E-state index contributed by atoms with van der Waals surface area (Å²) in [6.45, 7) is 3.04. The van der Waals surface area contributed by atoms with E-state index < -0.39 is 0 Å². The Hall–Kier alpha value is -2.69. The van der Waals surface area contributed by atoms with E-state index in [0.29, 0.717) is 0 Å². The Kier molecular flexibility index (Phi) is 3.91. The Morgan fingerprint density at radius 1 is 1.05 bits per heavy atom. The summed E-state index contributed by atoms with van der Waals surface area (Å²) in [5, 5.41) is 11.5. The van der Waals surface area contributed by atoms with Gasteiger partial charge in [0.1, 0.15) is 11.5 Å². The van der Waals surface area contributed by atoms with Gasteiger partial charge in [-0.3, -0.25) is 0 Å². The molecule has 106 valence electrons. The molecule has 2 aromatic heterocycles. The summed E-state index contributed by atoms with van der Waals surface area (Å²) in [4.78, 5) is 4.63. The summed E-state index contributed by atoms with van der Waals surface area (Å²) in [6.07, 6.45) is 2.80. The maximum atomic E-state index is 4.63. The highest BCUT2D eigenvalue weighted by Gasteiger charge is 2.10. The third kappa shape index (κ3) is 2.91. The average molecular weight is 279 g/mol. The number of pyridine rings is 1. The fraction of sp³-hybridized carbons (Fsp3) is 0.188. The molecule has 0 atom stereocenters. The molecule has 3 aromatic rings. The topological polar surface area (TPSA) is 55.6 Å². The molecule has 5 heteroatoms. The molecule has 0 unspecified atom stereocenters. The number of anilines is 1. The standard InChI is InChI=1S/C16H17N5/c1-2-11-17-16-10-6-9-14(19-16)15-12-18-20-21(15)13-7-4-3-5-8-13/h3-10,12H,2,11H2,1H3,(H,17,19). The maximum absolute atomic E-state index is 4.63. The molecule has 0 spiro atoms. The Labute approximate surface area is 123 Å². The van der Waals surface area contributed by atoms with Crippen LogP contribution in [0.1, 0.15) is 13.3 Å². The quantitative estimate of drug-likeness (QED) is 0.779. The van der Waals surface area contributed by atoms with Crippen LogP contribution in [-0.2, 0) is 0 Å². The number of hydrogen-bond donors (Lipinski definition) is 1. The predicted molar refractivity (Wildman–Crippen MR) is 83.4 cm³/mol. The van der Waals surface area contributed by atoms with Crippen molar-refractivity contribution in [2.45, 2.75) is 13.3 Å². The van der Waals surface area contributed by atoms with Crippen molar-refractivity contribution in [1.82, 2.24) is 20.0 Å². The minimum absolute atomic E-state index is 0.852. The molecule has 5 nitrogen and oxygen atoms in total. The number of benzene rings is 1. The summed E-state index contributed by atoms with van der Waals surface area (Å²) < 4.78 is 1.80. The van der Waals surface area contributed by atoms with Crippen molar-refractivity contribution >= 4 is 5.82 Å². The minimum Gasteiger partial charge on any atom is -0.370 e. The highest BCUT2D eigenvalue weighted by atomic mass is 15.4. The zero-order valence-electron chi connectivity index (χ0n) is 11.9. The highest BCUT2D eigenvalue weighted by molar-refractivity contribution is 5.59. The van der Waals surface area contributed by atoms with Crippen molar-refractivity contribution in [1.29, 1.82) is 0 Å². The van der Waals surface area contributed by atoms with Crippen LogP contribution in [0.2, 0.25) is 0 Å². The lowest BCUT2D eigenvalue weighted by Gasteiger charge is -2.08. The van der Waals surface area contributed by atoms with Gasteiger partial charge < -0.3 is 5.32 Å². The highest BCUT2D eigenvalue weighted by Crippen LogP contribution is 2.20. The van der Waals surface area contributed by atoms with Crippen LogP contribution in [0, 0.1) is 0 Å². The van der Waals surface area contributed by atoms with E-state index in [0.717, 1.165) is 35.9 Å². The smallest absolute Gasteiger partial charge is 0.126 e. The van der Waals surface area contributed by atoms with Crippen LogP contribution in [0.3, 0.4) is 0 Å². The van der Waals surface area contributed by atoms with Gasteiger partial charge in [0.05, 0.1) is 17.6 Å². The van der Waals surface area contributed by atoms with E-state index in [1.165, 1.54) is 0 Å². The van der Waals surface area contributed by atoms with Gasteiger partial charge in [-0.25, -0.2) is 9.67 Å². The molecule has 0 aliphatic heterocycles. The van der Waals surface area contributed by atoms with E-state index in [1.54, 1.807) is 10.9 Å². The first-order chi connectivity index (χ1) is 10.4. The Bertz CT molecular complexity index is 705. The molecular formula is C16H17N5. The van der Waals surface area contributed by atoms with E-state index in [-0.39, 0.29) is 0 Å². The van der Waals surface area contributed by atoms with Crippen LogP contribution in [-0.4, -0.2) is 26.5 Å². The molecule has 21 heavy (non-hydrogen) atoms. The second-order valence-electron chi connectivity index (χ2n) is 4.70. The Morgan fingerprint density at radius 3 is 2.71 bits per heavy atom. The average Bonchev–Trinajstić information content (AvgIpc) is 3.04. The predicted octanol–water partition coefficient (Wildman–Crippen LogP) is 3.15. The molecule has 0 fully saturated rings. The Balaban J connectivity index is 1.97. The van der Waals surface area contributed by atoms with E-state index in [9.17, 15) is 0 Å². The van der Waals surface area contributed by atoms with Crippen molar-refractivity contribution in [2.75, 3.05) is 11.9 Å². The molecule has 0 bridgehead atoms. The normalized spacial score (nSPS) is 10.5. The van der Waals surface area contributed by atoms with Crippen molar-refractivity contribution in [3.63, 3.8) is 0 Å². The van der Waals surface area contributed by atoms with Crippen LogP contribution in [0.4, 0.5) is 5.82 Å². The van der Waals surface area contributed by atoms with Crippen LogP contribution in [0.15, 0.2) is 54.7 Å². The van der Waals surface area contributed by atoms with E-state index in [2.05, 4.69) is 27.5 Å². The summed E-state index contributed by atoms with van der Waals surface area (Å²) >= 11 is 0. The first-order valence-corrected chi connectivity index (χ1v) is 7.06. The fourth-order valence-electron chi connectivity index (χ4n) is 2.10. The summed E-state index contributed by atoms with van der Waals surface area (Å²) in [7, 11) is 0. The lowest BCUT2D eigenvalue weighted by molar-refractivity contribution is 0.806. The van der Waals surface area contributed by atoms with Crippen molar-refractivity contribution in [3.8, 4) is 17.1 Å². The number of nitrogens with zero attached hydrogens (tertiary/aromatic N) is 4. The van der Waals surface area contributed by atoms with Crippen LogP contribution < -0.4 is 5.32 Å². The van der Waals surface area contributed by atoms with Crippen LogP contribution >= 0.6 is 0 Å². The van der Waals surface area contributed by atoms with Gasteiger partial charge in [0.15, 0.2) is 0 Å². The molecule has 0 aliphatic rings. The van der Waals surface area contributed by atoms with E-state index in [1.807, 2.05) is 48.5 Å². The minimum atomic E-state index is 0.852. The number of hydrogen-bond acceptors (Lipinski definition) is 4. The molecule has 1 aromatic carbocycles. The van der Waals surface area contributed by atoms with Gasteiger partial charge in [-0.15, -0.1) is 5.10 Å². The first-order valence-electron chi connectivity index (χ1n) is 7.06. The fourth-order valence-corrected chi connectivity index (χ4v) is 2.10. The molecule has 0 radical (unpaired) electrons. The summed E-state index contributed by atoms with van der Waals surface area (Å²) in [6, 6.07) is 15.9. The SMILES string of the molecule is CCCNc1cccc(-c2cnnn2-c2ccccc2)n1. The summed E-state index contributed by atoms with van der Waals surface area (Å²) in [5.74, 6) is 0.871. The van der Waals surface area contributed by atoms with E-state index in [4.69, 9.17) is 0 Å². The maximum Gasteiger partial charge on any atom is 0.126 e. The largest absolute Gasteiger partial charge is 0.370 e. The second kappa shape index (κ2) is 6.17. The zero-order valence-corrected chi connectivity index (χ0v) is 11.9. The van der Waals surface area contributed by atoms with Crippen molar-refractivity contribution in [3.05, 3.63) is 54.7 Å². The molecule has 0 aliphatic carbocycles. The van der Waals surface area contributed by atoms with Gasteiger partial charge in [-0.2, -0.15) is 0 Å². The van der Waals surface area contributed by atoms with Gasteiger partial charge >= 0.3 is 0 Å². The Morgan fingerprint density at radius 2 is 1.90 bits per heavy atom. The number of para-hydroxylation sites is 1. The van der Waals surface area contributed by atoms with Gasteiger partial charge in [0, 0.05) is 6.54 Å². The van der Waals surface area contributed by atoms with Gasteiger partial charge in [0.25, 0.3) is 0 Å². The second-order valence-corrected chi connectivity index (χ2v) is 4.70. The van der Waals surface area contributed by atoms with Crippen molar-refractivity contribution in [2.24, 2.45) is 0 Å². The molecular weight excluding hydrogens is 262 g/mol. The number of rotatable bonds is 5. The molecule has 0 amide bonds. The van der Waals surface area contributed by atoms with Crippen molar-refractivity contribution < 1.29 is 0 Å². The molecule has 0 saturated heterocycles. The lowest BCUT2D eigenvalue weighted by atomic mass is 10.2. The monoisotopic (exact) mass is 279 g/mol. The third-order valence-corrected chi connectivity index (χ3v) is 3.12. The van der Waals surface area contributed by atoms with Gasteiger partial charge in [-0.05, 0) is 30.7 Å². The van der Waals surface area contributed by atoms with Crippen LogP contribution in [0.5, 0.6) is 0 Å². The van der Waals surface area contributed by atoms with Gasteiger partial charge in [-0.1, -0.05) is 36.4 Å². The summed E-state index contributed by atoms with van der Waals surface area (Å²) in [5.41, 5.74) is 2.70. The molecule has 3 rings (SSSR count). The first kappa shape index (κ1) is 13.3.